The first-order chi connectivity index (χ1) is 9.61. The highest BCUT2D eigenvalue weighted by Gasteiger charge is 2.31. The van der Waals surface area contributed by atoms with Gasteiger partial charge in [-0.1, -0.05) is 11.6 Å². The number of halogens is 2. The second-order valence-corrected chi connectivity index (χ2v) is 6.29. The summed E-state index contributed by atoms with van der Waals surface area (Å²) in [6.45, 7) is 0.589. The van der Waals surface area contributed by atoms with Crippen molar-refractivity contribution in [1.82, 2.24) is 4.90 Å². The minimum absolute atomic E-state index is 0.0388. The summed E-state index contributed by atoms with van der Waals surface area (Å²) in [5, 5.41) is 10.4. The molecule has 0 saturated carbocycles. The lowest BCUT2D eigenvalue weighted by Gasteiger charge is -2.22. The number of likely N-dealkylation sites (tertiary alicyclic amines) is 1. The lowest BCUT2D eigenvalue weighted by Crippen LogP contribution is -2.37. The first kappa shape index (κ1) is 13.8. The molecule has 0 bridgehead atoms. The summed E-state index contributed by atoms with van der Waals surface area (Å²) in [6, 6.07) is 4.17. The highest BCUT2D eigenvalue weighted by Crippen LogP contribution is 2.37. The average molecular weight is 314 g/mol. The molecular weight excluding hydrogens is 301 g/mol. The molecule has 0 unspecified atom stereocenters. The standard InChI is InChI=1S/C14H13ClFNO2S/c15-12-10-4-3-8(16)6-11(10)20-13(12)14(19)17-5-1-2-9(17)7-18/h3-4,6,9,18H,1-2,5,7H2/t9-/m0/s1. The number of thiophene rings is 1. The first-order valence-corrected chi connectivity index (χ1v) is 7.60. The minimum atomic E-state index is -0.344. The molecule has 1 saturated heterocycles. The zero-order chi connectivity index (χ0) is 14.3. The van der Waals surface area contributed by atoms with Gasteiger partial charge in [-0.05, 0) is 31.0 Å². The molecule has 20 heavy (non-hydrogen) atoms. The third-order valence-corrected chi connectivity index (χ3v) is 5.28. The Balaban J connectivity index is 2.01. The summed E-state index contributed by atoms with van der Waals surface area (Å²) in [6.07, 6.45) is 1.69. The van der Waals surface area contributed by atoms with Crippen LogP contribution in [0.5, 0.6) is 0 Å². The van der Waals surface area contributed by atoms with E-state index in [0.29, 0.717) is 26.5 Å². The fraction of sp³-hybridized carbons (Fsp3) is 0.357. The molecule has 1 aromatic heterocycles. The Labute approximate surface area is 124 Å². The number of carbonyl (C=O) groups is 1. The number of rotatable bonds is 2. The zero-order valence-corrected chi connectivity index (χ0v) is 12.2. The van der Waals surface area contributed by atoms with Gasteiger partial charge in [0.2, 0.25) is 0 Å². The Morgan fingerprint density at radius 3 is 3.10 bits per heavy atom. The van der Waals surface area contributed by atoms with Crippen molar-refractivity contribution in [2.24, 2.45) is 0 Å². The highest BCUT2D eigenvalue weighted by atomic mass is 35.5. The van der Waals surface area contributed by atoms with Crippen LogP contribution in [0.2, 0.25) is 5.02 Å². The smallest absolute Gasteiger partial charge is 0.265 e. The second kappa shape index (κ2) is 5.31. The summed E-state index contributed by atoms with van der Waals surface area (Å²) in [4.78, 5) is 14.6. The molecule has 3 nitrogen and oxygen atoms in total. The van der Waals surface area contributed by atoms with Crippen LogP contribution in [0.3, 0.4) is 0 Å². The summed E-state index contributed by atoms with van der Waals surface area (Å²) in [7, 11) is 0. The van der Waals surface area contributed by atoms with Gasteiger partial charge < -0.3 is 10.0 Å². The fourth-order valence-corrected chi connectivity index (χ4v) is 4.09. The van der Waals surface area contributed by atoms with E-state index in [-0.39, 0.29) is 24.4 Å². The molecule has 1 amide bonds. The molecule has 2 aromatic rings. The SMILES string of the molecule is O=C(c1sc2cc(F)ccc2c1Cl)N1CCC[C@H]1CO. The number of carbonyl (C=O) groups excluding carboxylic acids is 1. The largest absolute Gasteiger partial charge is 0.394 e. The third kappa shape index (κ3) is 2.20. The predicted octanol–water partition coefficient (Wildman–Crippen LogP) is 3.29. The van der Waals surface area contributed by atoms with E-state index in [1.807, 2.05) is 0 Å². The van der Waals surface area contributed by atoms with Gasteiger partial charge in [0, 0.05) is 16.6 Å². The Morgan fingerprint density at radius 1 is 1.55 bits per heavy atom. The van der Waals surface area contributed by atoms with Gasteiger partial charge >= 0.3 is 0 Å². The van der Waals surface area contributed by atoms with E-state index in [9.17, 15) is 14.3 Å². The molecule has 0 radical (unpaired) electrons. The maximum atomic E-state index is 13.2. The highest BCUT2D eigenvalue weighted by molar-refractivity contribution is 7.21. The van der Waals surface area contributed by atoms with Gasteiger partial charge in [-0.3, -0.25) is 4.79 Å². The van der Waals surface area contributed by atoms with Crippen molar-refractivity contribution in [3.63, 3.8) is 0 Å². The number of hydrogen-bond acceptors (Lipinski definition) is 3. The molecule has 1 N–H and O–H groups in total. The fourth-order valence-electron chi connectivity index (χ4n) is 2.60. The Hall–Kier alpha value is -1.17. The molecule has 1 fully saturated rings. The molecule has 1 atom stereocenters. The summed E-state index contributed by atoms with van der Waals surface area (Å²) in [5.41, 5.74) is 0. The van der Waals surface area contributed by atoms with Crippen LogP contribution in [-0.2, 0) is 0 Å². The number of benzene rings is 1. The minimum Gasteiger partial charge on any atom is -0.394 e. The van der Waals surface area contributed by atoms with E-state index < -0.39 is 0 Å². The molecular formula is C14H13ClFNO2S. The van der Waals surface area contributed by atoms with Gasteiger partial charge in [0.1, 0.15) is 10.7 Å². The number of aliphatic hydroxyl groups excluding tert-OH is 1. The quantitative estimate of drug-likeness (QED) is 0.924. The monoisotopic (exact) mass is 313 g/mol. The molecule has 2 heterocycles. The Morgan fingerprint density at radius 2 is 2.35 bits per heavy atom. The van der Waals surface area contributed by atoms with Gasteiger partial charge in [0.05, 0.1) is 17.7 Å². The molecule has 6 heteroatoms. The van der Waals surface area contributed by atoms with Crippen molar-refractivity contribution in [3.05, 3.63) is 33.9 Å². The van der Waals surface area contributed by atoms with E-state index in [1.54, 1.807) is 11.0 Å². The first-order valence-electron chi connectivity index (χ1n) is 6.41. The molecule has 106 valence electrons. The maximum Gasteiger partial charge on any atom is 0.265 e. The maximum absolute atomic E-state index is 13.2. The van der Waals surface area contributed by atoms with Gasteiger partial charge in [-0.25, -0.2) is 4.39 Å². The number of hydrogen-bond donors (Lipinski definition) is 1. The van der Waals surface area contributed by atoms with Crippen LogP contribution in [0.4, 0.5) is 4.39 Å². The van der Waals surface area contributed by atoms with E-state index in [2.05, 4.69) is 0 Å². The van der Waals surface area contributed by atoms with Crippen molar-refractivity contribution >= 4 is 38.9 Å². The predicted molar refractivity (Wildman–Crippen MR) is 77.9 cm³/mol. The molecule has 1 aliphatic heterocycles. The van der Waals surface area contributed by atoms with Crippen LogP contribution in [0, 0.1) is 5.82 Å². The van der Waals surface area contributed by atoms with Crippen molar-refractivity contribution in [2.45, 2.75) is 18.9 Å². The lowest BCUT2D eigenvalue weighted by molar-refractivity contribution is 0.0682. The number of amides is 1. The third-order valence-electron chi connectivity index (χ3n) is 3.63. The van der Waals surface area contributed by atoms with Gasteiger partial charge in [0.25, 0.3) is 5.91 Å². The summed E-state index contributed by atoms with van der Waals surface area (Å²) >= 11 is 7.45. The average Bonchev–Trinajstić information content (AvgIpc) is 3.02. The zero-order valence-electron chi connectivity index (χ0n) is 10.6. The van der Waals surface area contributed by atoms with Gasteiger partial charge in [-0.15, -0.1) is 11.3 Å². The van der Waals surface area contributed by atoms with Crippen molar-refractivity contribution in [2.75, 3.05) is 13.2 Å². The Bertz CT molecular complexity index is 672. The van der Waals surface area contributed by atoms with Gasteiger partial charge in [-0.2, -0.15) is 0 Å². The van der Waals surface area contributed by atoms with Crippen LogP contribution in [-0.4, -0.2) is 35.1 Å². The normalized spacial score (nSPS) is 18.9. The molecule has 1 aromatic carbocycles. The Kier molecular flexibility index (Phi) is 3.67. The van der Waals surface area contributed by atoms with E-state index in [1.165, 1.54) is 23.5 Å². The van der Waals surface area contributed by atoms with E-state index in [0.717, 1.165) is 12.8 Å². The second-order valence-electron chi connectivity index (χ2n) is 4.86. The van der Waals surface area contributed by atoms with Crippen LogP contribution in [0.15, 0.2) is 18.2 Å². The van der Waals surface area contributed by atoms with E-state index in [4.69, 9.17) is 11.6 Å². The van der Waals surface area contributed by atoms with Crippen molar-refractivity contribution in [3.8, 4) is 0 Å². The van der Waals surface area contributed by atoms with Crippen molar-refractivity contribution < 1.29 is 14.3 Å². The summed E-state index contributed by atoms with van der Waals surface area (Å²) in [5.74, 6) is -0.517. The molecule has 0 spiro atoms. The van der Waals surface area contributed by atoms with Crippen LogP contribution >= 0.6 is 22.9 Å². The molecule has 3 rings (SSSR count). The van der Waals surface area contributed by atoms with E-state index >= 15 is 0 Å². The van der Waals surface area contributed by atoms with Gasteiger partial charge in [0.15, 0.2) is 0 Å². The topological polar surface area (TPSA) is 40.5 Å². The number of nitrogens with zero attached hydrogens (tertiary/aromatic N) is 1. The van der Waals surface area contributed by atoms with Crippen LogP contribution in [0.25, 0.3) is 10.1 Å². The molecule has 1 aliphatic rings. The summed E-state index contributed by atoms with van der Waals surface area (Å²) < 4.78 is 13.9. The number of fused-ring (bicyclic) bond motifs is 1. The number of aliphatic hydroxyl groups is 1. The van der Waals surface area contributed by atoms with Crippen molar-refractivity contribution in [1.29, 1.82) is 0 Å². The van der Waals surface area contributed by atoms with Crippen LogP contribution < -0.4 is 0 Å². The van der Waals surface area contributed by atoms with Crippen LogP contribution in [0.1, 0.15) is 22.5 Å². The molecule has 0 aliphatic carbocycles. The lowest BCUT2D eigenvalue weighted by atomic mass is 10.2.